The first-order chi connectivity index (χ1) is 13.8. The molecular weight excluding hydrogens is 412 g/mol. The summed E-state index contributed by atoms with van der Waals surface area (Å²) >= 11 is 3.40. The van der Waals surface area contributed by atoms with Gasteiger partial charge in [0.2, 0.25) is 0 Å². The zero-order chi connectivity index (χ0) is 19.2. The van der Waals surface area contributed by atoms with E-state index in [0.717, 1.165) is 21.3 Å². The molecule has 4 rings (SSSR count). The Morgan fingerprint density at radius 3 is 1.61 bits per heavy atom. The second-order valence-corrected chi connectivity index (χ2v) is 7.37. The number of ether oxygens (including phenoxy) is 1. The van der Waals surface area contributed by atoms with Gasteiger partial charge in [0, 0.05) is 12.7 Å². The maximum absolute atomic E-state index is 6.74. The van der Waals surface area contributed by atoms with Gasteiger partial charge in [0.15, 0.2) is 0 Å². The van der Waals surface area contributed by atoms with Crippen LogP contribution in [-0.4, -0.2) is 16.2 Å². The van der Waals surface area contributed by atoms with Gasteiger partial charge >= 0.3 is 0 Å². The molecule has 1 heterocycles. The summed E-state index contributed by atoms with van der Waals surface area (Å²) in [6, 6.07) is 31.3. The van der Waals surface area contributed by atoms with E-state index < -0.39 is 5.60 Å². The molecule has 0 aliphatic carbocycles. The second kappa shape index (κ2) is 8.55. The highest BCUT2D eigenvalue weighted by Crippen LogP contribution is 2.40. The molecule has 0 fully saturated rings. The molecule has 0 aliphatic rings. The number of hydrogen-bond acceptors (Lipinski definition) is 2. The topological polar surface area (TPSA) is 27.1 Å². The van der Waals surface area contributed by atoms with Crippen LogP contribution in [0.3, 0.4) is 0 Å². The summed E-state index contributed by atoms with van der Waals surface area (Å²) in [5.41, 5.74) is 2.65. The van der Waals surface area contributed by atoms with Crippen molar-refractivity contribution in [3.63, 3.8) is 0 Å². The van der Waals surface area contributed by atoms with Crippen LogP contribution >= 0.6 is 15.9 Å². The lowest BCUT2D eigenvalue weighted by Crippen LogP contribution is -2.34. The standard InChI is InChI=1S/C24H21BrN2O/c25-23-18-27(19-26-23)16-17-28-24(20-10-4-1-5-11-20,21-12-6-2-7-13-21)22-14-8-3-9-15-22/h1-15,18-19H,16-17H2. The number of imidazole rings is 1. The summed E-state index contributed by atoms with van der Waals surface area (Å²) in [6.07, 6.45) is 3.77. The molecule has 0 saturated heterocycles. The van der Waals surface area contributed by atoms with Crippen molar-refractivity contribution < 1.29 is 4.74 Å². The van der Waals surface area contributed by atoms with Crippen molar-refractivity contribution >= 4 is 15.9 Å². The van der Waals surface area contributed by atoms with Crippen molar-refractivity contribution in [2.24, 2.45) is 0 Å². The predicted octanol–water partition coefficient (Wildman–Crippen LogP) is 5.65. The molecule has 0 atom stereocenters. The fourth-order valence-electron chi connectivity index (χ4n) is 3.53. The summed E-state index contributed by atoms with van der Waals surface area (Å²) in [7, 11) is 0. The molecule has 3 aromatic carbocycles. The van der Waals surface area contributed by atoms with Gasteiger partial charge in [-0.25, -0.2) is 4.98 Å². The Bertz CT molecular complexity index is 904. The predicted molar refractivity (Wildman–Crippen MR) is 115 cm³/mol. The number of aromatic nitrogens is 2. The van der Waals surface area contributed by atoms with Crippen LogP contribution in [0.5, 0.6) is 0 Å². The molecule has 0 aliphatic heterocycles. The number of rotatable bonds is 7. The monoisotopic (exact) mass is 432 g/mol. The zero-order valence-electron chi connectivity index (χ0n) is 15.4. The highest BCUT2D eigenvalue weighted by molar-refractivity contribution is 9.10. The molecule has 4 heteroatoms. The summed E-state index contributed by atoms with van der Waals surface area (Å²) in [6.45, 7) is 1.26. The van der Waals surface area contributed by atoms with Gasteiger partial charge in [0.1, 0.15) is 10.2 Å². The largest absolute Gasteiger partial charge is 0.359 e. The summed E-state index contributed by atoms with van der Waals surface area (Å²) in [5, 5.41) is 0. The SMILES string of the molecule is Brc1cn(CCOC(c2ccccc2)(c2ccccc2)c2ccccc2)cn1. The third-order valence-corrected chi connectivity index (χ3v) is 5.22. The Labute approximate surface area is 173 Å². The molecule has 3 nitrogen and oxygen atoms in total. The normalized spacial score (nSPS) is 11.5. The van der Waals surface area contributed by atoms with Crippen molar-refractivity contribution in [3.8, 4) is 0 Å². The van der Waals surface area contributed by atoms with Crippen LogP contribution in [-0.2, 0) is 16.9 Å². The molecule has 0 N–H and O–H groups in total. The van der Waals surface area contributed by atoms with Crippen LogP contribution < -0.4 is 0 Å². The highest BCUT2D eigenvalue weighted by atomic mass is 79.9. The van der Waals surface area contributed by atoms with E-state index >= 15 is 0 Å². The smallest absolute Gasteiger partial charge is 0.143 e. The van der Waals surface area contributed by atoms with Crippen LogP contribution in [0.1, 0.15) is 16.7 Å². The first kappa shape index (κ1) is 18.7. The first-order valence-electron chi connectivity index (χ1n) is 9.27. The van der Waals surface area contributed by atoms with E-state index in [2.05, 4.69) is 93.7 Å². The fraction of sp³-hybridized carbons (Fsp3) is 0.125. The van der Waals surface area contributed by atoms with E-state index in [1.165, 1.54) is 0 Å². The Morgan fingerprint density at radius 2 is 1.21 bits per heavy atom. The maximum Gasteiger partial charge on any atom is 0.143 e. The van der Waals surface area contributed by atoms with Gasteiger partial charge in [0.25, 0.3) is 0 Å². The minimum atomic E-state index is -0.679. The fourth-order valence-corrected chi connectivity index (χ4v) is 3.88. The van der Waals surface area contributed by atoms with E-state index in [4.69, 9.17) is 4.74 Å². The zero-order valence-corrected chi connectivity index (χ0v) is 17.0. The van der Waals surface area contributed by atoms with Crippen LogP contribution in [0, 0.1) is 0 Å². The molecule has 0 spiro atoms. The highest BCUT2D eigenvalue weighted by Gasteiger charge is 2.37. The lowest BCUT2D eigenvalue weighted by Gasteiger charge is -2.36. The Hall–Kier alpha value is -2.69. The number of benzene rings is 3. The molecule has 0 radical (unpaired) electrons. The molecule has 28 heavy (non-hydrogen) atoms. The molecular formula is C24H21BrN2O. The maximum atomic E-state index is 6.74. The van der Waals surface area contributed by atoms with Gasteiger partial charge in [-0.05, 0) is 32.6 Å². The third-order valence-electron chi connectivity index (χ3n) is 4.81. The average Bonchev–Trinajstić information content (AvgIpc) is 3.18. The van der Waals surface area contributed by atoms with Gasteiger partial charge in [-0.1, -0.05) is 91.0 Å². The molecule has 0 bridgehead atoms. The van der Waals surface area contributed by atoms with Crippen molar-refractivity contribution in [2.45, 2.75) is 12.1 Å². The summed E-state index contributed by atoms with van der Waals surface area (Å²) in [4.78, 5) is 4.23. The Morgan fingerprint density at radius 1 is 0.750 bits per heavy atom. The molecule has 140 valence electrons. The van der Waals surface area contributed by atoms with Crippen molar-refractivity contribution in [2.75, 3.05) is 6.61 Å². The number of nitrogens with zero attached hydrogens (tertiary/aromatic N) is 2. The van der Waals surface area contributed by atoms with Crippen molar-refractivity contribution in [1.29, 1.82) is 0 Å². The average molecular weight is 433 g/mol. The van der Waals surface area contributed by atoms with E-state index in [1.807, 2.05) is 35.3 Å². The molecule has 0 saturated carbocycles. The van der Waals surface area contributed by atoms with Crippen molar-refractivity contribution in [3.05, 3.63) is 125 Å². The lowest BCUT2D eigenvalue weighted by molar-refractivity contribution is 0.00834. The van der Waals surface area contributed by atoms with E-state index in [9.17, 15) is 0 Å². The van der Waals surface area contributed by atoms with Crippen LogP contribution in [0.15, 0.2) is 108 Å². The Kier molecular flexibility index (Phi) is 5.70. The van der Waals surface area contributed by atoms with Gasteiger partial charge in [-0.2, -0.15) is 0 Å². The summed E-state index contributed by atoms with van der Waals surface area (Å²) < 4.78 is 9.59. The van der Waals surface area contributed by atoms with E-state index in [1.54, 1.807) is 0 Å². The minimum absolute atomic E-state index is 0.543. The van der Waals surface area contributed by atoms with Crippen LogP contribution in [0.2, 0.25) is 0 Å². The quantitative estimate of drug-likeness (QED) is 0.352. The number of hydrogen-bond donors (Lipinski definition) is 0. The first-order valence-corrected chi connectivity index (χ1v) is 10.1. The Balaban J connectivity index is 1.78. The van der Waals surface area contributed by atoms with Crippen LogP contribution in [0.4, 0.5) is 0 Å². The van der Waals surface area contributed by atoms with Crippen molar-refractivity contribution in [1.82, 2.24) is 9.55 Å². The van der Waals surface area contributed by atoms with Gasteiger partial charge in [-0.3, -0.25) is 0 Å². The molecule has 4 aromatic rings. The van der Waals surface area contributed by atoms with Gasteiger partial charge in [-0.15, -0.1) is 0 Å². The number of halogens is 1. The second-order valence-electron chi connectivity index (χ2n) is 6.56. The lowest BCUT2D eigenvalue weighted by atomic mass is 9.80. The third kappa shape index (κ3) is 3.79. The van der Waals surface area contributed by atoms with E-state index in [-0.39, 0.29) is 0 Å². The van der Waals surface area contributed by atoms with Gasteiger partial charge < -0.3 is 9.30 Å². The summed E-state index contributed by atoms with van der Waals surface area (Å²) in [5.74, 6) is 0. The minimum Gasteiger partial charge on any atom is -0.359 e. The molecule has 1 aromatic heterocycles. The van der Waals surface area contributed by atoms with Gasteiger partial charge in [0.05, 0.1) is 12.9 Å². The molecule has 0 amide bonds. The van der Waals surface area contributed by atoms with Crippen LogP contribution in [0.25, 0.3) is 0 Å². The van der Waals surface area contributed by atoms with E-state index in [0.29, 0.717) is 13.2 Å². The molecule has 0 unspecified atom stereocenters.